The summed E-state index contributed by atoms with van der Waals surface area (Å²) in [7, 11) is 0. The van der Waals surface area contributed by atoms with Crippen molar-refractivity contribution in [3.8, 4) is 0 Å². The van der Waals surface area contributed by atoms with Gasteiger partial charge in [0.2, 0.25) is 16.9 Å². The summed E-state index contributed by atoms with van der Waals surface area (Å²) in [5, 5.41) is 20.7. The number of rotatable bonds is 8. The largest absolute Gasteiger partial charge is 0.345 e. The van der Waals surface area contributed by atoms with Gasteiger partial charge >= 0.3 is 0 Å². The molecular weight excluding hydrogens is 497 g/mol. The summed E-state index contributed by atoms with van der Waals surface area (Å²) in [6, 6.07) is 12.4. The summed E-state index contributed by atoms with van der Waals surface area (Å²) in [5.74, 6) is -1.83. The van der Waals surface area contributed by atoms with Crippen LogP contribution in [-0.2, 0) is 16.1 Å². The van der Waals surface area contributed by atoms with Gasteiger partial charge in [0, 0.05) is 5.39 Å². The van der Waals surface area contributed by atoms with E-state index in [4.69, 9.17) is 0 Å². The number of carbonyl (C=O) groups is 3. The van der Waals surface area contributed by atoms with Gasteiger partial charge in [0.25, 0.3) is 5.91 Å². The van der Waals surface area contributed by atoms with Crippen LogP contribution < -0.4 is 16.0 Å². The highest BCUT2D eigenvalue weighted by Crippen LogP contribution is 2.23. The van der Waals surface area contributed by atoms with Gasteiger partial charge in [-0.15, -0.1) is 10.2 Å². The van der Waals surface area contributed by atoms with Crippen molar-refractivity contribution in [2.24, 2.45) is 5.41 Å². The molecule has 0 aliphatic carbocycles. The van der Waals surface area contributed by atoms with E-state index in [0.717, 1.165) is 22.4 Å². The van der Waals surface area contributed by atoms with Gasteiger partial charge in [0.05, 0.1) is 18.6 Å². The summed E-state index contributed by atoms with van der Waals surface area (Å²) in [6.45, 7) is 5.47. The van der Waals surface area contributed by atoms with Crippen molar-refractivity contribution in [1.29, 1.82) is 0 Å². The lowest BCUT2D eigenvalue weighted by molar-refractivity contribution is -0.127. The smallest absolute Gasteiger partial charge is 0.273 e. The first-order valence-electron chi connectivity index (χ1n) is 11.5. The van der Waals surface area contributed by atoms with Crippen molar-refractivity contribution in [2.75, 3.05) is 11.9 Å². The van der Waals surface area contributed by atoms with E-state index in [1.165, 1.54) is 17.6 Å². The molecular formula is C25H26FN7O3S. The number of nitrogens with one attached hydrogen (secondary N) is 3. The first-order chi connectivity index (χ1) is 17.6. The lowest BCUT2D eigenvalue weighted by Crippen LogP contribution is -2.54. The normalized spacial score (nSPS) is 12.2. The molecule has 0 radical (unpaired) electrons. The number of aromatic nitrogens is 4. The summed E-state index contributed by atoms with van der Waals surface area (Å²) in [4.78, 5) is 38.5. The van der Waals surface area contributed by atoms with Crippen LogP contribution in [-0.4, -0.2) is 50.3 Å². The van der Waals surface area contributed by atoms with Gasteiger partial charge in [-0.3, -0.25) is 24.4 Å². The fourth-order valence-corrected chi connectivity index (χ4v) is 4.17. The zero-order valence-electron chi connectivity index (χ0n) is 20.5. The maximum absolute atomic E-state index is 13.4. The van der Waals surface area contributed by atoms with Gasteiger partial charge in [-0.25, -0.2) is 4.39 Å². The number of halogens is 1. The Labute approximate surface area is 216 Å². The number of carbonyl (C=O) groups excluding carboxylic acids is 3. The Morgan fingerprint density at radius 2 is 1.81 bits per heavy atom. The molecule has 192 valence electrons. The molecule has 4 aromatic rings. The highest BCUT2D eigenvalue weighted by atomic mass is 32.1. The fraction of sp³-hybridized carbons (Fsp3) is 0.280. The van der Waals surface area contributed by atoms with Gasteiger partial charge in [0.1, 0.15) is 17.4 Å². The fourth-order valence-electron chi connectivity index (χ4n) is 3.71. The van der Waals surface area contributed by atoms with Crippen LogP contribution >= 0.6 is 11.3 Å². The molecule has 0 spiro atoms. The van der Waals surface area contributed by atoms with E-state index in [0.29, 0.717) is 17.1 Å². The van der Waals surface area contributed by atoms with E-state index >= 15 is 0 Å². The quantitative estimate of drug-likeness (QED) is 0.326. The lowest BCUT2D eigenvalue weighted by atomic mass is 9.86. The Kier molecular flexibility index (Phi) is 7.58. The molecule has 1 atom stereocenters. The second-order valence-corrected chi connectivity index (χ2v) is 10.3. The molecule has 0 fully saturated rings. The summed E-state index contributed by atoms with van der Waals surface area (Å²) in [5.41, 5.74) is 2.52. The third-order valence-corrected chi connectivity index (χ3v) is 6.16. The van der Waals surface area contributed by atoms with Gasteiger partial charge in [-0.2, -0.15) is 5.10 Å². The standard InChI is InChI=1S/C25H26FN7O3S/c1-25(2,3)21(23(36)27-12-19(34)29-24-31-28-14-37-24)30-22(35)20-17-6-4-5-7-18(17)33(32-20)13-15-8-10-16(26)11-9-15/h4-11,14,21H,12-13H2,1-3H3,(H,27,36)(H,30,35)(H,29,31,34). The van der Waals surface area contributed by atoms with E-state index < -0.39 is 29.2 Å². The van der Waals surface area contributed by atoms with E-state index in [1.54, 1.807) is 28.9 Å². The maximum Gasteiger partial charge on any atom is 0.273 e. The first-order valence-corrected chi connectivity index (χ1v) is 12.3. The third kappa shape index (κ3) is 6.33. The summed E-state index contributed by atoms with van der Waals surface area (Å²) in [6.07, 6.45) is 0. The van der Waals surface area contributed by atoms with Gasteiger partial charge in [0.15, 0.2) is 5.69 Å². The molecule has 3 N–H and O–H groups in total. The average molecular weight is 524 g/mol. The topological polar surface area (TPSA) is 131 Å². The maximum atomic E-state index is 13.4. The summed E-state index contributed by atoms with van der Waals surface area (Å²) < 4.78 is 15.0. The molecule has 1 unspecified atom stereocenters. The number of anilines is 1. The van der Waals surface area contributed by atoms with Crippen molar-refractivity contribution in [1.82, 2.24) is 30.6 Å². The van der Waals surface area contributed by atoms with E-state index in [2.05, 4.69) is 31.2 Å². The third-order valence-electron chi connectivity index (χ3n) is 5.55. The molecule has 0 aliphatic rings. The number of nitrogens with zero attached hydrogens (tertiary/aromatic N) is 4. The molecule has 37 heavy (non-hydrogen) atoms. The van der Waals surface area contributed by atoms with Crippen molar-refractivity contribution in [2.45, 2.75) is 33.4 Å². The van der Waals surface area contributed by atoms with Crippen LogP contribution in [0.2, 0.25) is 0 Å². The van der Waals surface area contributed by atoms with Gasteiger partial charge < -0.3 is 10.6 Å². The van der Waals surface area contributed by atoms with E-state index in [1.807, 2.05) is 32.9 Å². The Balaban J connectivity index is 1.51. The Morgan fingerprint density at radius 1 is 1.08 bits per heavy atom. The number of para-hydroxylation sites is 1. The highest BCUT2D eigenvalue weighted by molar-refractivity contribution is 7.13. The van der Waals surface area contributed by atoms with Crippen LogP contribution in [0.5, 0.6) is 0 Å². The van der Waals surface area contributed by atoms with Crippen molar-refractivity contribution < 1.29 is 18.8 Å². The zero-order chi connectivity index (χ0) is 26.6. The summed E-state index contributed by atoms with van der Waals surface area (Å²) >= 11 is 1.16. The van der Waals surface area contributed by atoms with Crippen molar-refractivity contribution in [3.63, 3.8) is 0 Å². The van der Waals surface area contributed by atoms with E-state index in [-0.39, 0.29) is 18.1 Å². The van der Waals surface area contributed by atoms with Gasteiger partial charge in [-0.05, 0) is 29.2 Å². The van der Waals surface area contributed by atoms with Crippen LogP contribution in [0, 0.1) is 11.2 Å². The molecule has 0 aliphatic heterocycles. The van der Waals surface area contributed by atoms with Crippen LogP contribution in [0.15, 0.2) is 54.0 Å². The average Bonchev–Trinajstić information content (AvgIpc) is 3.50. The number of hydrogen-bond acceptors (Lipinski definition) is 7. The number of fused-ring (bicyclic) bond motifs is 1. The first kappa shape index (κ1) is 25.9. The van der Waals surface area contributed by atoms with Gasteiger partial charge in [-0.1, -0.05) is 62.4 Å². The SMILES string of the molecule is CC(C)(C)C(NC(=O)c1nn(Cc2ccc(F)cc2)c2ccccc12)C(=O)NCC(=O)Nc1nncs1. The molecule has 2 aromatic heterocycles. The minimum atomic E-state index is -0.949. The Morgan fingerprint density at radius 3 is 2.49 bits per heavy atom. The molecule has 0 bridgehead atoms. The second kappa shape index (κ2) is 10.8. The predicted molar refractivity (Wildman–Crippen MR) is 137 cm³/mol. The minimum Gasteiger partial charge on any atom is -0.345 e. The molecule has 0 saturated heterocycles. The van der Waals surface area contributed by atoms with Crippen LogP contribution in [0.3, 0.4) is 0 Å². The minimum absolute atomic E-state index is 0.161. The van der Waals surface area contributed by atoms with Crippen molar-refractivity contribution >= 4 is 45.1 Å². The van der Waals surface area contributed by atoms with Crippen LogP contribution in [0.1, 0.15) is 36.8 Å². The molecule has 10 nitrogen and oxygen atoms in total. The zero-order valence-corrected chi connectivity index (χ0v) is 21.3. The Hall–Kier alpha value is -4.19. The number of hydrogen-bond donors (Lipinski definition) is 3. The molecule has 12 heteroatoms. The number of benzene rings is 2. The molecule has 0 saturated carbocycles. The predicted octanol–water partition coefficient (Wildman–Crippen LogP) is 2.97. The molecule has 2 aromatic carbocycles. The highest BCUT2D eigenvalue weighted by Gasteiger charge is 2.34. The lowest BCUT2D eigenvalue weighted by Gasteiger charge is -2.30. The van der Waals surface area contributed by atoms with Crippen molar-refractivity contribution in [3.05, 3.63) is 71.1 Å². The molecule has 3 amide bonds. The second-order valence-electron chi connectivity index (χ2n) is 9.43. The van der Waals surface area contributed by atoms with Crippen LogP contribution in [0.25, 0.3) is 10.9 Å². The monoisotopic (exact) mass is 523 g/mol. The molecule has 2 heterocycles. The van der Waals surface area contributed by atoms with Crippen LogP contribution in [0.4, 0.5) is 9.52 Å². The Bertz CT molecular complexity index is 1410. The molecule has 4 rings (SSSR count). The number of amides is 3. The van der Waals surface area contributed by atoms with E-state index in [9.17, 15) is 18.8 Å².